The molecule has 0 aromatic carbocycles. The fourth-order valence-corrected chi connectivity index (χ4v) is 1.07. The average Bonchev–Trinajstić information content (AvgIpc) is 2.07. The summed E-state index contributed by atoms with van der Waals surface area (Å²) in [4.78, 5) is 10.4. The third-order valence-corrected chi connectivity index (χ3v) is 1.83. The topological polar surface area (TPSA) is 127 Å². The maximum atomic E-state index is 10.4. The van der Waals surface area contributed by atoms with Crippen LogP contribution < -0.4 is 0 Å². The molecule has 1 aliphatic rings. The second-order valence-electron chi connectivity index (χ2n) is 2.76. The molecule has 1 saturated heterocycles. The lowest BCUT2D eigenvalue weighted by Crippen LogP contribution is -2.59. The van der Waals surface area contributed by atoms with Crippen molar-refractivity contribution in [1.82, 2.24) is 0 Å². The second-order valence-corrected chi connectivity index (χ2v) is 2.76. The number of hydrogen-bond acceptors (Lipinski definition) is 6. The maximum absolute atomic E-state index is 10.4. The molecule has 1 fully saturated rings. The van der Waals surface area contributed by atoms with Gasteiger partial charge in [-0.2, -0.15) is 0 Å². The fraction of sp³-hybridized carbons (Fsp3) is 0.833. The number of hydrogen-bond donors (Lipinski definition) is 5. The first kappa shape index (κ1) is 10.4. The zero-order valence-corrected chi connectivity index (χ0v) is 6.44. The van der Waals surface area contributed by atoms with Gasteiger partial charge in [-0.3, -0.25) is 0 Å². The molecule has 76 valence electrons. The minimum absolute atomic E-state index is 1.52. The summed E-state index contributed by atoms with van der Waals surface area (Å²) in [6, 6.07) is 0. The zero-order valence-electron chi connectivity index (χ0n) is 6.44. The van der Waals surface area contributed by atoms with Crippen molar-refractivity contribution in [1.29, 1.82) is 0 Å². The van der Waals surface area contributed by atoms with E-state index in [1.54, 1.807) is 0 Å². The number of carbonyl (C=O) groups is 1. The summed E-state index contributed by atoms with van der Waals surface area (Å²) in [5.74, 6) is -1.52. The van der Waals surface area contributed by atoms with Crippen molar-refractivity contribution in [2.75, 3.05) is 0 Å². The van der Waals surface area contributed by atoms with Crippen molar-refractivity contribution in [2.24, 2.45) is 0 Å². The molecular formula is C6H10O7. The lowest BCUT2D eigenvalue weighted by Gasteiger charge is -2.36. The molecule has 7 nitrogen and oxygen atoms in total. The molecule has 0 bridgehead atoms. The van der Waals surface area contributed by atoms with E-state index in [0.29, 0.717) is 0 Å². The van der Waals surface area contributed by atoms with Crippen molar-refractivity contribution in [2.45, 2.75) is 30.7 Å². The Kier molecular flexibility index (Phi) is 2.84. The smallest absolute Gasteiger partial charge is 0.335 e. The first-order valence-corrected chi connectivity index (χ1v) is 3.55. The normalized spacial score (nSPS) is 46.0. The van der Waals surface area contributed by atoms with E-state index in [1.807, 2.05) is 0 Å². The molecule has 0 amide bonds. The highest BCUT2D eigenvalue weighted by molar-refractivity contribution is 5.73. The minimum atomic E-state index is -1.81. The number of ether oxygens (including phenoxy) is 1. The number of aliphatic hydroxyl groups is 4. The van der Waals surface area contributed by atoms with Crippen molar-refractivity contribution in [3.63, 3.8) is 0 Å². The zero-order chi connectivity index (χ0) is 10.2. The van der Waals surface area contributed by atoms with E-state index in [1.165, 1.54) is 0 Å². The van der Waals surface area contributed by atoms with E-state index in [4.69, 9.17) is 25.5 Å². The molecule has 0 aromatic heterocycles. The van der Waals surface area contributed by atoms with Crippen molar-refractivity contribution < 1.29 is 35.1 Å². The van der Waals surface area contributed by atoms with Crippen LogP contribution in [0.3, 0.4) is 0 Å². The average molecular weight is 194 g/mol. The van der Waals surface area contributed by atoms with Gasteiger partial charge in [-0.15, -0.1) is 0 Å². The van der Waals surface area contributed by atoms with Crippen LogP contribution in [0, 0.1) is 0 Å². The van der Waals surface area contributed by atoms with Gasteiger partial charge in [0.05, 0.1) is 0 Å². The predicted molar refractivity (Wildman–Crippen MR) is 36.5 cm³/mol. The Morgan fingerprint density at radius 2 is 1.54 bits per heavy atom. The van der Waals surface area contributed by atoms with E-state index >= 15 is 0 Å². The van der Waals surface area contributed by atoms with Gasteiger partial charge in [-0.25, -0.2) is 4.79 Å². The standard InChI is InChI=1S/C6H10O7/c7-1-2(8)4(5(10)11)13-6(12)3(1)9/h1-4,6-9,12H,(H,10,11)/t1-,2-,3?,4?,6+/m0/s1. The van der Waals surface area contributed by atoms with Crippen molar-refractivity contribution in [3.8, 4) is 0 Å². The molecule has 1 rings (SSSR count). The van der Waals surface area contributed by atoms with Crippen molar-refractivity contribution >= 4 is 5.97 Å². The highest BCUT2D eigenvalue weighted by atomic mass is 16.6. The Balaban J connectivity index is 2.76. The molecule has 5 N–H and O–H groups in total. The van der Waals surface area contributed by atoms with Crippen LogP contribution >= 0.6 is 0 Å². The quantitative estimate of drug-likeness (QED) is 0.298. The largest absolute Gasteiger partial charge is 0.479 e. The molecule has 13 heavy (non-hydrogen) atoms. The number of carboxylic acid groups (broad SMARTS) is 1. The van der Waals surface area contributed by atoms with Crippen LogP contribution in [0.1, 0.15) is 0 Å². The van der Waals surface area contributed by atoms with Crippen LogP contribution in [0.25, 0.3) is 0 Å². The Hall–Kier alpha value is -0.730. The van der Waals surface area contributed by atoms with Gasteiger partial charge in [-0.1, -0.05) is 0 Å². The molecule has 0 aliphatic carbocycles. The van der Waals surface area contributed by atoms with Gasteiger partial charge >= 0.3 is 5.97 Å². The summed E-state index contributed by atoms with van der Waals surface area (Å²) in [5.41, 5.74) is 0. The number of carboxylic acids is 1. The van der Waals surface area contributed by atoms with Gasteiger partial charge in [0.25, 0.3) is 0 Å². The molecule has 1 heterocycles. The Morgan fingerprint density at radius 3 is 2.00 bits per heavy atom. The molecule has 0 saturated carbocycles. The third kappa shape index (κ3) is 1.79. The molecule has 2 unspecified atom stereocenters. The molecule has 0 aromatic rings. The number of rotatable bonds is 1. The predicted octanol–water partition coefficient (Wildman–Crippen LogP) is -3.13. The van der Waals surface area contributed by atoms with Crippen LogP contribution in [0.5, 0.6) is 0 Å². The fourth-order valence-electron chi connectivity index (χ4n) is 1.07. The van der Waals surface area contributed by atoms with E-state index in [0.717, 1.165) is 0 Å². The Bertz CT molecular complexity index is 205. The van der Waals surface area contributed by atoms with Gasteiger partial charge in [-0.05, 0) is 0 Å². The van der Waals surface area contributed by atoms with Crippen LogP contribution in [-0.2, 0) is 9.53 Å². The van der Waals surface area contributed by atoms with E-state index in [2.05, 4.69) is 4.74 Å². The molecule has 7 heteroatoms. The molecular weight excluding hydrogens is 184 g/mol. The first-order valence-electron chi connectivity index (χ1n) is 3.55. The maximum Gasteiger partial charge on any atom is 0.335 e. The van der Waals surface area contributed by atoms with E-state index in [-0.39, 0.29) is 0 Å². The van der Waals surface area contributed by atoms with Gasteiger partial charge in [0.2, 0.25) is 0 Å². The van der Waals surface area contributed by atoms with E-state index < -0.39 is 36.7 Å². The summed E-state index contributed by atoms with van der Waals surface area (Å²) in [7, 11) is 0. The van der Waals surface area contributed by atoms with Crippen molar-refractivity contribution in [3.05, 3.63) is 0 Å². The highest BCUT2D eigenvalue weighted by Gasteiger charge is 2.46. The molecule has 0 radical (unpaired) electrons. The van der Waals surface area contributed by atoms with Crippen LogP contribution in [0.2, 0.25) is 0 Å². The Labute approximate surface area is 72.8 Å². The Morgan fingerprint density at radius 1 is 1.00 bits per heavy atom. The lowest BCUT2D eigenvalue weighted by atomic mass is 9.99. The lowest BCUT2D eigenvalue weighted by molar-refractivity contribution is -0.279. The first-order chi connectivity index (χ1) is 5.95. The van der Waals surface area contributed by atoms with E-state index in [9.17, 15) is 4.79 Å². The minimum Gasteiger partial charge on any atom is -0.479 e. The molecule has 5 atom stereocenters. The molecule has 1 aliphatic heterocycles. The second kappa shape index (κ2) is 3.56. The summed E-state index contributed by atoms with van der Waals surface area (Å²) < 4.78 is 4.34. The SMILES string of the molecule is O=C(O)C1O[C@@H](O)C(O)[C@@H](O)[C@@H]1O. The number of aliphatic hydroxyl groups excluding tert-OH is 4. The van der Waals surface area contributed by atoms with Gasteiger partial charge in [0.15, 0.2) is 12.4 Å². The summed E-state index contributed by atoms with van der Waals surface area (Å²) in [6.07, 6.45) is -8.72. The van der Waals surface area contributed by atoms with Gasteiger partial charge in [0.1, 0.15) is 18.3 Å². The number of aliphatic carboxylic acids is 1. The van der Waals surface area contributed by atoms with Gasteiger partial charge < -0.3 is 30.3 Å². The van der Waals surface area contributed by atoms with Crippen LogP contribution in [0.4, 0.5) is 0 Å². The van der Waals surface area contributed by atoms with Crippen LogP contribution in [0.15, 0.2) is 0 Å². The highest BCUT2D eigenvalue weighted by Crippen LogP contribution is 2.19. The molecule has 0 spiro atoms. The summed E-state index contributed by atoms with van der Waals surface area (Å²) >= 11 is 0. The monoisotopic (exact) mass is 194 g/mol. The third-order valence-electron chi connectivity index (χ3n) is 1.83. The summed E-state index contributed by atoms with van der Waals surface area (Å²) in [6.45, 7) is 0. The van der Waals surface area contributed by atoms with Crippen LogP contribution in [-0.4, -0.2) is 62.2 Å². The van der Waals surface area contributed by atoms with Gasteiger partial charge in [0, 0.05) is 0 Å². The summed E-state index contributed by atoms with van der Waals surface area (Å²) in [5, 5.41) is 44.4.